The third-order valence-corrected chi connectivity index (χ3v) is 2.86. The molecular weight excluding hydrogens is 216 g/mol. The Kier molecular flexibility index (Phi) is 3.86. The molecule has 0 spiro atoms. The standard InChI is InChI=1S/C13H20N2O2/c1-15(2)9-10-7-11(3-4-13(10)16)17-12-5-6-14-8-12/h3-4,7,12,14,16H,5-6,8-9H2,1-2H3. The summed E-state index contributed by atoms with van der Waals surface area (Å²) in [5, 5.41) is 13.0. The van der Waals surface area contributed by atoms with E-state index in [1.807, 2.05) is 31.1 Å². The van der Waals surface area contributed by atoms with Crippen molar-refractivity contribution in [3.8, 4) is 11.5 Å². The van der Waals surface area contributed by atoms with Crippen LogP contribution in [0.15, 0.2) is 18.2 Å². The van der Waals surface area contributed by atoms with Crippen molar-refractivity contribution in [1.82, 2.24) is 10.2 Å². The van der Waals surface area contributed by atoms with Crippen LogP contribution in [-0.4, -0.2) is 43.3 Å². The van der Waals surface area contributed by atoms with Crippen LogP contribution in [0.5, 0.6) is 11.5 Å². The molecule has 94 valence electrons. The van der Waals surface area contributed by atoms with E-state index in [0.717, 1.165) is 30.8 Å². The van der Waals surface area contributed by atoms with Gasteiger partial charge in [0.2, 0.25) is 0 Å². The van der Waals surface area contributed by atoms with Gasteiger partial charge in [-0.15, -0.1) is 0 Å². The van der Waals surface area contributed by atoms with Gasteiger partial charge in [0.15, 0.2) is 0 Å². The topological polar surface area (TPSA) is 44.7 Å². The number of phenolic OH excluding ortho intramolecular Hbond substituents is 1. The van der Waals surface area contributed by atoms with Crippen LogP contribution in [0.1, 0.15) is 12.0 Å². The third kappa shape index (κ3) is 3.35. The summed E-state index contributed by atoms with van der Waals surface area (Å²) >= 11 is 0. The Bertz CT molecular complexity index is 374. The number of benzene rings is 1. The predicted molar refractivity (Wildman–Crippen MR) is 67.4 cm³/mol. The van der Waals surface area contributed by atoms with Crippen molar-refractivity contribution in [1.29, 1.82) is 0 Å². The lowest BCUT2D eigenvalue weighted by Crippen LogP contribution is -2.19. The maximum Gasteiger partial charge on any atom is 0.120 e. The van der Waals surface area contributed by atoms with Crippen molar-refractivity contribution in [2.75, 3.05) is 27.2 Å². The number of nitrogens with one attached hydrogen (secondary N) is 1. The molecule has 0 amide bonds. The molecule has 1 saturated heterocycles. The van der Waals surface area contributed by atoms with Gasteiger partial charge < -0.3 is 20.1 Å². The van der Waals surface area contributed by atoms with Gasteiger partial charge in [-0.3, -0.25) is 0 Å². The van der Waals surface area contributed by atoms with Gasteiger partial charge in [0.25, 0.3) is 0 Å². The second-order valence-corrected chi connectivity index (χ2v) is 4.76. The molecule has 1 aromatic rings. The monoisotopic (exact) mass is 236 g/mol. The first kappa shape index (κ1) is 12.2. The molecule has 0 bridgehead atoms. The molecule has 1 aromatic carbocycles. The van der Waals surface area contributed by atoms with Gasteiger partial charge in [-0.25, -0.2) is 0 Å². The lowest BCUT2D eigenvalue weighted by molar-refractivity contribution is 0.222. The van der Waals surface area contributed by atoms with E-state index < -0.39 is 0 Å². The zero-order valence-electron chi connectivity index (χ0n) is 10.4. The van der Waals surface area contributed by atoms with Crippen LogP contribution in [-0.2, 0) is 6.54 Å². The van der Waals surface area contributed by atoms with E-state index in [9.17, 15) is 5.11 Å². The Morgan fingerprint density at radius 2 is 2.29 bits per heavy atom. The van der Waals surface area contributed by atoms with Gasteiger partial charge in [-0.2, -0.15) is 0 Å². The summed E-state index contributed by atoms with van der Waals surface area (Å²) in [6, 6.07) is 5.46. The van der Waals surface area contributed by atoms with Gasteiger partial charge in [0, 0.05) is 18.7 Å². The minimum absolute atomic E-state index is 0.256. The Morgan fingerprint density at radius 3 is 2.94 bits per heavy atom. The molecule has 1 fully saturated rings. The first-order chi connectivity index (χ1) is 8.15. The molecule has 17 heavy (non-hydrogen) atoms. The second kappa shape index (κ2) is 5.38. The van der Waals surface area contributed by atoms with Crippen molar-refractivity contribution in [2.24, 2.45) is 0 Å². The maximum atomic E-state index is 9.75. The van der Waals surface area contributed by atoms with E-state index in [4.69, 9.17) is 4.74 Å². The predicted octanol–water partition coefficient (Wildman–Crippen LogP) is 1.19. The summed E-state index contributed by atoms with van der Waals surface area (Å²) in [5.41, 5.74) is 0.901. The largest absolute Gasteiger partial charge is 0.508 e. The van der Waals surface area contributed by atoms with Crippen LogP contribution in [0, 0.1) is 0 Å². The summed E-state index contributed by atoms with van der Waals surface area (Å²) in [5.74, 6) is 1.17. The number of aromatic hydroxyl groups is 1. The van der Waals surface area contributed by atoms with Gasteiger partial charge >= 0.3 is 0 Å². The third-order valence-electron chi connectivity index (χ3n) is 2.86. The summed E-state index contributed by atoms with van der Waals surface area (Å²) in [4.78, 5) is 2.02. The van der Waals surface area contributed by atoms with Crippen molar-refractivity contribution in [3.05, 3.63) is 23.8 Å². The highest BCUT2D eigenvalue weighted by atomic mass is 16.5. The zero-order chi connectivity index (χ0) is 12.3. The molecule has 1 heterocycles. The van der Waals surface area contributed by atoms with Gasteiger partial charge in [-0.1, -0.05) is 0 Å². The molecule has 0 radical (unpaired) electrons. The average Bonchev–Trinajstić information content (AvgIpc) is 2.75. The van der Waals surface area contributed by atoms with Gasteiger partial charge in [0.1, 0.15) is 17.6 Å². The number of rotatable bonds is 4. The normalized spacial score (nSPS) is 19.8. The second-order valence-electron chi connectivity index (χ2n) is 4.76. The van der Waals surface area contributed by atoms with Crippen molar-refractivity contribution < 1.29 is 9.84 Å². The van der Waals surface area contributed by atoms with Crippen molar-refractivity contribution in [3.63, 3.8) is 0 Å². The molecule has 2 N–H and O–H groups in total. The number of hydrogen-bond donors (Lipinski definition) is 2. The van der Waals surface area contributed by atoms with E-state index >= 15 is 0 Å². The molecule has 4 nitrogen and oxygen atoms in total. The molecule has 0 aromatic heterocycles. The molecule has 2 rings (SSSR count). The van der Waals surface area contributed by atoms with E-state index in [0.29, 0.717) is 12.3 Å². The SMILES string of the molecule is CN(C)Cc1cc(OC2CCNC2)ccc1O. The lowest BCUT2D eigenvalue weighted by Gasteiger charge is -2.16. The summed E-state index contributed by atoms with van der Waals surface area (Å²) in [6.45, 7) is 2.64. The van der Waals surface area contributed by atoms with Gasteiger partial charge in [-0.05, 0) is 45.3 Å². The fraction of sp³-hybridized carbons (Fsp3) is 0.538. The smallest absolute Gasteiger partial charge is 0.120 e. The summed E-state index contributed by atoms with van der Waals surface area (Å²) in [7, 11) is 3.96. The van der Waals surface area contributed by atoms with Gasteiger partial charge in [0.05, 0.1) is 0 Å². The fourth-order valence-corrected chi connectivity index (χ4v) is 2.02. The van der Waals surface area contributed by atoms with Crippen LogP contribution >= 0.6 is 0 Å². The number of nitrogens with zero attached hydrogens (tertiary/aromatic N) is 1. The molecule has 1 aliphatic heterocycles. The van der Waals surface area contributed by atoms with E-state index in [2.05, 4.69) is 5.32 Å². The van der Waals surface area contributed by atoms with Crippen LogP contribution < -0.4 is 10.1 Å². The minimum atomic E-state index is 0.256. The summed E-state index contributed by atoms with van der Waals surface area (Å²) in [6.07, 6.45) is 1.30. The highest BCUT2D eigenvalue weighted by Crippen LogP contribution is 2.25. The van der Waals surface area contributed by atoms with Crippen LogP contribution in [0.4, 0.5) is 0 Å². The molecule has 1 aliphatic rings. The van der Waals surface area contributed by atoms with Crippen LogP contribution in [0.25, 0.3) is 0 Å². The van der Waals surface area contributed by atoms with E-state index in [1.54, 1.807) is 6.07 Å². The Balaban J connectivity index is 2.06. The van der Waals surface area contributed by atoms with Crippen LogP contribution in [0.2, 0.25) is 0 Å². The molecule has 4 heteroatoms. The average molecular weight is 236 g/mol. The van der Waals surface area contributed by atoms with E-state index in [-0.39, 0.29) is 6.10 Å². The molecule has 0 saturated carbocycles. The van der Waals surface area contributed by atoms with Crippen molar-refractivity contribution in [2.45, 2.75) is 19.1 Å². The molecule has 0 aliphatic carbocycles. The molecular formula is C13H20N2O2. The lowest BCUT2D eigenvalue weighted by atomic mass is 10.2. The first-order valence-electron chi connectivity index (χ1n) is 5.99. The fourth-order valence-electron chi connectivity index (χ4n) is 2.02. The van der Waals surface area contributed by atoms with Crippen LogP contribution in [0.3, 0.4) is 0 Å². The minimum Gasteiger partial charge on any atom is -0.508 e. The number of hydrogen-bond acceptors (Lipinski definition) is 4. The Hall–Kier alpha value is -1.26. The highest BCUT2D eigenvalue weighted by Gasteiger charge is 2.16. The maximum absolute atomic E-state index is 9.75. The first-order valence-corrected chi connectivity index (χ1v) is 5.99. The van der Waals surface area contributed by atoms with Crippen molar-refractivity contribution >= 4 is 0 Å². The molecule has 1 unspecified atom stereocenters. The Morgan fingerprint density at radius 1 is 1.47 bits per heavy atom. The number of phenols is 1. The highest BCUT2D eigenvalue weighted by molar-refractivity contribution is 5.39. The Labute approximate surface area is 102 Å². The molecule has 1 atom stereocenters. The zero-order valence-corrected chi connectivity index (χ0v) is 10.4. The van der Waals surface area contributed by atoms with E-state index in [1.165, 1.54) is 0 Å². The quantitative estimate of drug-likeness (QED) is 0.824. The number of ether oxygens (including phenoxy) is 1. The summed E-state index contributed by atoms with van der Waals surface area (Å²) < 4.78 is 5.86.